The van der Waals surface area contributed by atoms with Crippen molar-refractivity contribution in [2.24, 2.45) is 5.41 Å². The predicted octanol–water partition coefficient (Wildman–Crippen LogP) is 8.18. The molecular weight excluding hydrogens is 936 g/mol. The first kappa shape index (κ1) is 52.2. The summed E-state index contributed by atoms with van der Waals surface area (Å²) in [5.41, 5.74) is 1.58. The lowest BCUT2D eigenvalue weighted by molar-refractivity contribution is -0.142. The Bertz CT molecular complexity index is 2520. The van der Waals surface area contributed by atoms with Gasteiger partial charge in [0.25, 0.3) is 5.91 Å². The van der Waals surface area contributed by atoms with E-state index in [0.717, 1.165) is 38.7 Å². The zero-order chi connectivity index (χ0) is 50.1. The molecule has 2 saturated heterocycles. The molecule has 2 atom stereocenters. The lowest BCUT2D eigenvalue weighted by Gasteiger charge is -2.35. The number of hydrogen-bond donors (Lipinski definition) is 2. The van der Waals surface area contributed by atoms with Gasteiger partial charge < -0.3 is 39.4 Å². The number of hydrogen-bond acceptors (Lipinski definition) is 12. The van der Waals surface area contributed by atoms with Crippen LogP contribution in [0, 0.1) is 23.7 Å². The van der Waals surface area contributed by atoms with Gasteiger partial charge in [-0.05, 0) is 111 Å². The van der Waals surface area contributed by atoms with E-state index < -0.39 is 52.3 Å². The molecule has 69 heavy (non-hydrogen) atoms. The second-order valence-electron chi connectivity index (χ2n) is 18.0. The van der Waals surface area contributed by atoms with E-state index in [-0.39, 0.29) is 49.0 Å². The Morgan fingerprint density at radius 3 is 2.25 bits per heavy atom. The molecule has 0 saturated carbocycles. The number of carbonyl (C=O) groups is 4. The van der Waals surface area contributed by atoms with Crippen molar-refractivity contribution < 1.29 is 51.3 Å². The van der Waals surface area contributed by atoms with Gasteiger partial charge in [-0.15, -0.1) is 11.3 Å². The topological polar surface area (TPSA) is 176 Å². The van der Waals surface area contributed by atoms with Crippen LogP contribution in [-0.2, 0) is 41.3 Å². The number of amides is 4. The van der Waals surface area contributed by atoms with Crippen LogP contribution in [0.4, 0.5) is 29.3 Å². The molecule has 2 aliphatic heterocycles. The van der Waals surface area contributed by atoms with Crippen molar-refractivity contribution in [2.45, 2.75) is 91.1 Å². The van der Waals surface area contributed by atoms with E-state index in [1.807, 2.05) is 57.5 Å². The van der Waals surface area contributed by atoms with E-state index in [9.17, 15) is 37.6 Å². The zero-order valence-electron chi connectivity index (χ0n) is 39.3. The molecule has 0 aliphatic carbocycles. The van der Waals surface area contributed by atoms with Gasteiger partial charge in [0.15, 0.2) is 5.11 Å². The number of carbonyl (C=O) groups excluding carboxylic acids is 4. The highest BCUT2D eigenvalue weighted by molar-refractivity contribution is 7.81. The monoisotopic (exact) mass is 991 g/mol. The van der Waals surface area contributed by atoms with Crippen LogP contribution in [0.3, 0.4) is 0 Å². The van der Waals surface area contributed by atoms with Gasteiger partial charge in [-0.2, -0.15) is 18.4 Å². The third kappa shape index (κ3) is 12.7. The minimum Gasteiger partial charge on any atom is -0.491 e. The normalized spacial score (nSPS) is 16.3. The van der Waals surface area contributed by atoms with Crippen LogP contribution in [0.25, 0.3) is 10.4 Å². The van der Waals surface area contributed by atoms with Gasteiger partial charge in [-0.25, -0.2) is 9.78 Å². The number of rotatable bonds is 19. The maximum Gasteiger partial charge on any atom is 0.417 e. The highest BCUT2D eigenvalue weighted by atomic mass is 32.1. The molecule has 3 aromatic carbocycles. The van der Waals surface area contributed by atoms with Gasteiger partial charge in [0.1, 0.15) is 36.6 Å². The quantitative estimate of drug-likeness (QED) is 0.0682. The minimum atomic E-state index is -4.80. The average Bonchev–Trinajstić information content (AvgIpc) is 4.02. The summed E-state index contributed by atoms with van der Waals surface area (Å²) in [6.07, 6.45) is -3.83. The number of halogens is 3. The summed E-state index contributed by atoms with van der Waals surface area (Å²) in [6, 6.07) is 17.7. The summed E-state index contributed by atoms with van der Waals surface area (Å²) < 4.78 is 63.5. The molecule has 2 fully saturated rings. The highest BCUT2D eigenvalue weighted by Crippen LogP contribution is 2.40. The first-order valence-electron chi connectivity index (χ1n) is 22.4. The van der Waals surface area contributed by atoms with E-state index in [1.54, 1.807) is 65.3 Å². The molecular formula is C49H56F3N7O8S2. The minimum absolute atomic E-state index is 0.0156. The molecule has 0 spiro atoms. The number of ether oxygens (including phenoxy) is 4. The second-order valence-corrected chi connectivity index (χ2v) is 19.2. The van der Waals surface area contributed by atoms with E-state index in [1.165, 1.54) is 6.07 Å². The van der Waals surface area contributed by atoms with Crippen molar-refractivity contribution in [1.29, 1.82) is 5.26 Å². The van der Waals surface area contributed by atoms with Gasteiger partial charge in [0.05, 0.1) is 52.2 Å². The smallest absolute Gasteiger partial charge is 0.417 e. The van der Waals surface area contributed by atoms with Gasteiger partial charge in [0.2, 0.25) is 11.8 Å². The number of aryl methyl sites for hydroxylation is 1. The van der Waals surface area contributed by atoms with Gasteiger partial charge in [-0.3, -0.25) is 19.3 Å². The summed E-state index contributed by atoms with van der Waals surface area (Å²) in [7, 11) is 0. The number of thiazole rings is 1. The van der Waals surface area contributed by atoms with Crippen LogP contribution in [0.2, 0.25) is 0 Å². The maximum absolute atomic E-state index is 13.9. The lowest BCUT2D eigenvalue weighted by Crippen LogP contribution is -2.57. The van der Waals surface area contributed by atoms with Crippen LogP contribution in [0.1, 0.15) is 76.3 Å². The highest BCUT2D eigenvalue weighted by Gasteiger charge is 2.51. The van der Waals surface area contributed by atoms with Crippen molar-refractivity contribution >= 4 is 63.9 Å². The van der Waals surface area contributed by atoms with Crippen LogP contribution < -0.4 is 25.2 Å². The Kier molecular flexibility index (Phi) is 17.1. The molecule has 0 unspecified atom stereocenters. The molecule has 2 N–H and O–H groups in total. The van der Waals surface area contributed by atoms with Crippen molar-refractivity contribution in [2.75, 3.05) is 56.0 Å². The average molecular weight is 992 g/mol. The molecule has 6 rings (SSSR count). The summed E-state index contributed by atoms with van der Waals surface area (Å²) in [5.74, 6) is -0.610. The zero-order valence-corrected chi connectivity index (χ0v) is 40.9. The molecule has 1 aromatic heterocycles. The fraction of sp³-hybridized carbons (Fsp3) is 0.449. The molecule has 0 radical (unpaired) electrons. The molecule has 368 valence electrons. The number of aromatic nitrogens is 1. The molecule has 15 nitrogen and oxygen atoms in total. The first-order valence-corrected chi connectivity index (χ1v) is 23.7. The maximum atomic E-state index is 13.9. The Balaban J connectivity index is 0.857. The first-order chi connectivity index (χ1) is 32.7. The van der Waals surface area contributed by atoms with Crippen LogP contribution in [0.15, 0.2) is 72.2 Å². The Labute approximate surface area is 408 Å². The third-order valence-corrected chi connectivity index (χ3v) is 13.0. The summed E-state index contributed by atoms with van der Waals surface area (Å²) in [5, 5.41) is 14.9. The fourth-order valence-corrected chi connectivity index (χ4v) is 9.30. The number of nitriles is 1. The van der Waals surface area contributed by atoms with E-state index in [0.29, 0.717) is 57.0 Å². The van der Waals surface area contributed by atoms with Crippen LogP contribution in [0.5, 0.6) is 5.75 Å². The third-order valence-electron chi connectivity index (χ3n) is 11.6. The number of benzene rings is 3. The Morgan fingerprint density at radius 2 is 1.62 bits per heavy atom. The van der Waals surface area contributed by atoms with Gasteiger partial charge in [-0.1, -0.05) is 45.0 Å². The van der Waals surface area contributed by atoms with E-state index in [4.69, 9.17) is 31.2 Å². The number of likely N-dealkylation sites (tertiary alicyclic amines) is 1. The molecule has 3 heterocycles. The van der Waals surface area contributed by atoms with Crippen molar-refractivity contribution in [3.63, 3.8) is 0 Å². The van der Waals surface area contributed by atoms with Crippen molar-refractivity contribution in [1.82, 2.24) is 20.5 Å². The summed E-state index contributed by atoms with van der Waals surface area (Å²) in [6.45, 7) is 12.8. The Morgan fingerprint density at radius 1 is 0.957 bits per heavy atom. The SMILES string of the molecule is Cc1ncsc1-c1ccc(CNC(=O)[C@@H]2CCCN2C(=O)[C@@H](NC(=O)OCCOCCCOCCOc2ccc(N3C(=S)N(c4ccc(C#N)c(C(F)(F)F)c4)C(=O)C3(C)C)cc2)C(C)(C)C)cc1. The molecule has 4 aromatic rings. The predicted molar refractivity (Wildman–Crippen MR) is 258 cm³/mol. The van der Waals surface area contributed by atoms with E-state index >= 15 is 0 Å². The molecule has 0 bridgehead atoms. The molecule has 4 amide bonds. The standard InChI is InChI=1S/C49H56F3N7O8S2/c1-31-40(69-30-55-31)33-12-10-32(11-13-33)29-54-42(60)39-9-7-20-57(39)43(61)41(47(2,3)4)56-45(63)67-26-24-65-22-8-21-64-23-25-66-37-18-16-35(17-19-37)59-46(68)58(44(62)48(59,5)6)36-15-14-34(28-53)38(27-36)49(50,51)52/h10-19,27,30,39,41H,7-9,20-26,29H2,1-6H3,(H,54,60)(H,56,63)/t39-,41+/m0/s1. The second kappa shape index (κ2) is 22.5. The number of nitrogens with one attached hydrogen (secondary N) is 2. The number of thiocarbonyl (C=S) groups is 1. The van der Waals surface area contributed by atoms with Gasteiger partial charge in [0, 0.05) is 32.0 Å². The summed E-state index contributed by atoms with van der Waals surface area (Å²) >= 11 is 7.19. The number of nitrogens with zero attached hydrogens (tertiary/aromatic N) is 5. The van der Waals surface area contributed by atoms with E-state index in [2.05, 4.69) is 15.6 Å². The summed E-state index contributed by atoms with van der Waals surface area (Å²) in [4.78, 5) is 63.2. The largest absolute Gasteiger partial charge is 0.491 e. The Hall–Kier alpha value is -6.14. The lowest BCUT2D eigenvalue weighted by atomic mass is 9.85. The molecule has 20 heteroatoms. The molecule has 2 aliphatic rings. The van der Waals surface area contributed by atoms with Gasteiger partial charge >= 0.3 is 12.3 Å². The van der Waals surface area contributed by atoms with Crippen molar-refractivity contribution in [3.05, 3.63) is 94.6 Å². The van der Waals surface area contributed by atoms with Crippen LogP contribution >= 0.6 is 23.6 Å². The number of alkyl carbamates (subject to hydrolysis) is 1. The van der Waals surface area contributed by atoms with Crippen molar-refractivity contribution in [3.8, 4) is 22.3 Å². The van der Waals surface area contributed by atoms with Crippen LogP contribution in [-0.4, -0.2) is 103 Å². The fourth-order valence-electron chi connectivity index (χ4n) is 7.97. The number of alkyl halides is 3. The number of anilines is 2.